The van der Waals surface area contributed by atoms with Gasteiger partial charge in [0, 0.05) is 24.8 Å². The van der Waals surface area contributed by atoms with E-state index in [4.69, 9.17) is 0 Å². The third kappa shape index (κ3) is 7.58. The highest BCUT2D eigenvalue weighted by atomic mass is 127. The van der Waals surface area contributed by atoms with Crippen molar-refractivity contribution in [3.05, 3.63) is 64.7 Å². The molecule has 0 spiro atoms. The number of hydrogen-bond acceptors (Lipinski definition) is 3. The molecule has 0 bridgehead atoms. The number of nitrogens with one attached hydrogen (secondary N) is 2. The Morgan fingerprint density at radius 1 is 1.07 bits per heavy atom. The number of rotatable bonds is 7. The molecule has 0 unspecified atom stereocenters. The van der Waals surface area contributed by atoms with Gasteiger partial charge in [-0.05, 0) is 43.5 Å². The second-order valence-electron chi connectivity index (χ2n) is 8.17. The van der Waals surface area contributed by atoms with Crippen LogP contribution in [-0.4, -0.2) is 33.7 Å². The summed E-state index contributed by atoms with van der Waals surface area (Å²) in [6.07, 6.45) is 1.23. The van der Waals surface area contributed by atoms with Gasteiger partial charge in [0.05, 0.1) is 11.4 Å². The fourth-order valence-electron chi connectivity index (χ4n) is 3.21. The van der Waals surface area contributed by atoms with E-state index < -0.39 is 9.84 Å². The molecule has 0 heterocycles. The van der Waals surface area contributed by atoms with E-state index in [1.54, 1.807) is 6.07 Å². The molecule has 166 valence electrons. The molecule has 0 amide bonds. The average Bonchev–Trinajstić information content (AvgIpc) is 2.63. The van der Waals surface area contributed by atoms with Gasteiger partial charge in [-0.2, -0.15) is 0 Å². The largest absolute Gasteiger partial charge is 0.357 e. The second kappa shape index (κ2) is 11.1. The number of guanidine groups is 1. The fraction of sp³-hybridized carbons (Fsp3) is 0.435. The summed E-state index contributed by atoms with van der Waals surface area (Å²) < 4.78 is 23.6. The van der Waals surface area contributed by atoms with Crippen LogP contribution in [0.3, 0.4) is 0 Å². The predicted octanol–water partition coefficient (Wildman–Crippen LogP) is 4.36. The summed E-state index contributed by atoms with van der Waals surface area (Å²) in [6, 6.07) is 14.0. The molecule has 0 saturated carbocycles. The van der Waals surface area contributed by atoms with E-state index in [9.17, 15) is 8.42 Å². The van der Waals surface area contributed by atoms with Crippen LogP contribution in [0.5, 0.6) is 0 Å². The summed E-state index contributed by atoms with van der Waals surface area (Å²) in [6.45, 7) is 12.4. The summed E-state index contributed by atoms with van der Waals surface area (Å²) in [5.74, 6) is 0.748. The molecule has 30 heavy (non-hydrogen) atoms. The molecular weight excluding hydrogens is 509 g/mol. The lowest BCUT2D eigenvalue weighted by atomic mass is 9.84. The third-order valence-corrected chi connectivity index (χ3v) is 6.16. The van der Waals surface area contributed by atoms with Gasteiger partial charge in [0.25, 0.3) is 0 Å². The fourth-order valence-corrected chi connectivity index (χ4v) is 4.17. The van der Waals surface area contributed by atoms with Crippen LogP contribution in [0.1, 0.15) is 43.0 Å². The Morgan fingerprint density at radius 3 is 2.33 bits per heavy atom. The molecule has 2 aromatic rings. The Bertz CT molecular complexity index is 986. The molecule has 5 nitrogen and oxygen atoms in total. The lowest BCUT2D eigenvalue weighted by Gasteiger charge is -2.27. The molecule has 0 radical (unpaired) electrons. The maximum Gasteiger partial charge on any atom is 0.191 e. The first-order chi connectivity index (χ1) is 13.5. The molecule has 0 aromatic heterocycles. The number of hydrogen-bond donors (Lipinski definition) is 2. The van der Waals surface area contributed by atoms with Gasteiger partial charge in [0.1, 0.15) is 0 Å². The van der Waals surface area contributed by atoms with Crippen molar-refractivity contribution in [2.75, 3.05) is 19.3 Å². The van der Waals surface area contributed by atoms with E-state index in [1.807, 2.05) is 26.0 Å². The number of halogens is 1. The van der Waals surface area contributed by atoms with Gasteiger partial charge in [0.2, 0.25) is 0 Å². The van der Waals surface area contributed by atoms with E-state index in [1.165, 1.54) is 17.4 Å². The van der Waals surface area contributed by atoms with Gasteiger partial charge in [-0.3, -0.25) is 0 Å². The minimum atomic E-state index is -3.21. The minimum Gasteiger partial charge on any atom is -0.357 e. The highest BCUT2D eigenvalue weighted by Crippen LogP contribution is 2.23. The van der Waals surface area contributed by atoms with Crippen molar-refractivity contribution in [3.63, 3.8) is 0 Å². The summed E-state index contributed by atoms with van der Waals surface area (Å²) >= 11 is 0. The van der Waals surface area contributed by atoms with E-state index in [0.717, 1.165) is 30.2 Å². The van der Waals surface area contributed by atoms with Crippen LogP contribution in [0.25, 0.3) is 0 Å². The lowest BCUT2D eigenvalue weighted by molar-refractivity contribution is 0.508. The maximum absolute atomic E-state index is 11.8. The molecule has 7 heteroatoms. The standard InChI is InChI=1S/C23H33N3O2S.HI/c1-7-24-22(26-16-23(4,5)20-10-8-9-17(2)13-20)25-15-19-11-12-21(18(3)14-19)29(6,27)28;/h8-14H,7,15-16H2,1-6H3,(H2,24,25,26);1H. The quantitative estimate of drug-likeness (QED) is 0.310. The first-order valence-electron chi connectivity index (χ1n) is 9.92. The molecule has 2 N–H and O–H groups in total. The van der Waals surface area contributed by atoms with Crippen molar-refractivity contribution in [1.82, 2.24) is 10.6 Å². The van der Waals surface area contributed by atoms with Gasteiger partial charge < -0.3 is 10.6 Å². The van der Waals surface area contributed by atoms with E-state index in [0.29, 0.717) is 11.4 Å². The first-order valence-corrected chi connectivity index (χ1v) is 11.8. The van der Waals surface area contributed by atoms with E-state index >= 15 is 0 Å². The topological polar surface area (TPSA) is 70.6 Å². The minimum absolute atomic E-state index is 0. The second-order valence-corrected chi connectivity index (χ2v) is 10.2. The smallest absolute Gasteiger partial charge is 0.191 e. The Hall–Kier alpha value is -1.61. The average molecular weight is 544 g/mol. The number of aryl methyl sites for hydroxylation is 2. The number of nitrogens with zero attached hydrogens (tertiary/aromatic N) is 1. The van der Waals surface area contributed by atoms with Crippen LogP contribution in [0.4, 0.5) is 0 Å². The van der Waals surface area contributed by atoms with Crippen LogP contribution in [0.2, 0.25) is 0 Å². The van der Waals surface area contributed by atoms with Crippen molar-refractivity contribution in [3.8, 4) is 0 Å². The highest BCUT2D eigenvalue weighted by Gasteiger charge is 2.21. The first kappa shape index (κ1) is 26.4. The monoisotopic (exact) mass is 543 g/mol. The molecule has 0 aliphatic rings. The van der Waals surface area contributed by atoms with E-state index in [2.05, 4.69) is 60.7 Å². The van der Waals surface area contributed by atoms with Gasteiger partial charge in [-0.15, -0.1) is 24.0 Å². The normalized spacial score (nSPS) is 12.3. The summed E-state index contributed by atoms with van der Waals surface area (Å²) in [7, 11) is -3.21. The van der Waals surface area contributed by atoms with E-state index in [-0.39, 0.29) is 29.4 Å². The molecule has 0 atom stereocenters. The zero-order valence-electron chi connectivity index (χ0n) is 18.7. The van der Waals surface area contributed by atoms with Gasteiger partial charge >= 0.3 is 0 Å². The molecule has 2 rings (SSSR count). The van der Waals surface area contributed by atoms with Crippen molar-refractivity contribution in [2.45, 2.75) is 51.5 Å². The van der Waals surface area contributed by atoms with Crippen molar-refractivity contribution >= 4 is 39.8 Å². The number of sulfone groups is 1. The SMILES string of the molecule is CCNC(=NCc1ccc(S(C)(=O)=O)c(C)c1)NCC(C)(C)c1cccc(C)c1.I. The maximum atomic E-state index is 11.8. The molecule has 2 aromatic carbocycles. The zero-order chi connectivity index (χ0) is 21.7. The van der Waals surface area contributed by atoms with Gasteiger partial charge in [-0.25, -0.2) is 13.4 Å². The third-order valence-electron chi connectivity index (χ3n) is 4.90. The predicted molar refractivity (Wildman–Crippen MR) is 137 cm³/mol. The Morgan fingerprint density at radius 2 is 1.77 bits per heavy atom. The van der Waals surface area contributed by atoms with Gasteiger partial charge in [0.15, 0.2) is 15.8 Å². The van der Waals surface area contributed by atoms with Crippen LogP contribution in [0, 0.1) is 13.8 Å². The Labute approximate surface area is 198 Å². The molecule has 0 fully saturated rings. The summed E-state index contributed by atoms with van der Waals surface area (Å²) in [5, 5.41) is 6.72. The molecule has 0 aliphatic heterocycles. The van der Waals surface area contributed by atoms with Crippen molar-refractivity contribution in [2.24, 2.45) is 4.99 Å². The highest BCUT2D eigenvalue weighted by molar-refractivity contribution is 14.0. The Balaban J connectivity index is 0.00000450. The number of aliphatic imine (C=N–C) groups is 1. The number of benzene rings is 2. The van der Waals surface area contributed by atoms with Crippen LogP contribution < -0.4 is 10.6 Å². The molecule has 0 saturated heterocycles. The summed E-state index contributed by atoms with van der Waals surface area (Å²) in [5.41, 5.74) is 4.22. The van der Waals surface area contributed by atoms with Gasteiger partial charge in [-0.1, -0.05) is 55.8 Å². The lowest BCUT2D eigenvalue weighted by Crippen LogP contribution is -2.43. The zero-order valence-corrected chi connectivity index (χ0v) is 21.9. The van der Waals surface area contributed by atoms with Crippen LogP contribution in [-0.2, 0) is 21.8 Å². The Kier molecular flexibility index (Phi) is 9.81. The van der Waals surface area contributed by atoms with Crippen molar-refractivity contribution < 1.29 is 8.42 Å². The van der Waals surface area contributed by atoms with Crippen molar-refractivity contribution in [1.29, 1.82) is 0 Å². The summed E-state index contributed by atoms with van der Waals surface area (Å²) in [4.78, 5) is 5.05. The molecular formula is C23H34IN3O2S. The van der Waals surface area contributed by atoms with Crippen LogP contribution in [0.15, 0.2) is 52.4 Å². The molecule has 0 aliphatic carbocycles. The van der Waals surface area contributed by atoms with Crippen LogP contribution >= 0.6 is 24.0 Å².